The van der Waals surface area contributed by atoms with E-state index in [1.807, 2.05) is 4.90 Å². The summed E-state index contributed by atoms with van der Waals surface area (Å²) in [7, 11) is 1.73. The van der Waals surface area contributed by atoms with E-state index in [0.29, 0.717) is 6.42 Å². The van der Waals surface area contributed by atoms with E-state index in [0.717, 1.165) is 42.7 Å². The summed E-state index contributed by atoms with van der Waals surface area (Å²) in [4.78, 5) is 18.2. The lowest BCUT2D eigenvalue weighted by atomic mass is 10.0. The molecule has 1 atom stereocenters. The first-order valence-corrected chi connectivity index (χ1v) is 8.38. The molecule has 4 nitrogen and oxygen atoms in total. The Labute approximate surface area is 137 Å². The van der Waals surface area contributed by atoms with Crippen LogP contribution in [0.3, 0.4) is 0 Å². The zero-order valence-electron chi connectivity index (χ0n) is 14.5. The third-order valence-corrected chi connectivity index (χ3v) is 4.96. The molecule has 124 valence electrons. The molecule has 0 aliphatic carbocycles. The van der Waals surface area contributed by atoms with Gasteiger partial charge in [0.1, 0.15) is 0 Å². The summed E-state index contributed by atoms with van der Waals surface area (Å²) >= 11 is 0. The molecule has 1 unspecified atom stereocenters. The van der Waals surface area contributed by atoms with Gasteiger partial charge in [0, 0.05) is 36.8 Å². The zero-order chi connectivity index (χ0) is 16.6. The number of carbonyl (C=O) groups excluding carboxylic acids is 1. The quantitative estimate of drug-likeness (QED) is 0.945. The average molecular weight is 314 g/mol. The number of amides is 1. The van der Waals surface area contributed by atoms with Crippen molar-refractivity contribution in [3.05, 3.63) is 34.5 Å². The van der Waals surface area contributed by atoms with Crippen molar-refractivity contribution in [2.75, 3.05) is 20.2 Å². The smallest absolute Gasteiger partial charge is 0.227 e. The van der Waals surface area contributed by atoms with E-state index in [1.54, 1.807) is 7.11 Å². The minimum absolute atomic E-state index is 0.182. The summed E-state index contributed by atoms with van der Waals surface area (Å²) in [6.07, 6.45) is 2.71. The van der Waals surface area contributed by atoms with Gasteiger partial charge in [-0.15, -0.1) is 0 Å². The molecule has 23 heavy (non-hydrogen) atoms. The van der Waals surface area contributed by atoms with E-state index in [2.05, 4.69) is 37.9 Å². The van der Waals surface area contributed by atoms with E-state index in [-0.39, 0.29) is 12.0 Å². The summed E-state index contributed by atoms with van der Waals surface area (Å²) in [5.41, 5.74) is 5.86. The molecule has 1 saturated heterocycles. The zero-order valence-corrected chi connectivity index (χ0v) is 14.5. The van der Waals surface area contributed by atoms with Gasteiger partial charge < -0.3 is 14.6 Å². The van der Waals surface area contributed by atoms with Gasteiger partial charge in [-0.3, -0.25) is 4.79 Å². The van der Waals surface area contributed by atoms with Crippen molar-refractivity contribution in [3.63, 3.8) is 0 Å². The maximum atomic E-state index is 12.7. The van der Waals surface area contributed by atoms with E-state index in [9.17, 15) is 4.79 Å². The number of fused-ring (bicyclic) bond motifs is 1. The lowest BCUT2D eigenvalue weighted by Crippen LogP contribution is -2.43. The van der Waals surface area contributed by atoms with Crippen LogP contribution in [0.25, 0.3) is 10.9 Å². The molecule has 0 saturated carbocycles. The Bertz CT molecular complexity index is 733. The van der Waals surface area contributed by atoms with Crippen molar-refractivity contribution in [1.82, 2.24) is 9.88 Å². The van der Waals surface area contributed by atoms with Gasteiger partial charge in [0.05, 0.1) is 12.5 Å². The van der Waals surface area contributed by atoms with Gasteiger partial charge in [-0.25, -0.2) is 0 Å². The number of ether oxygens (including phenoxy) is 1. The van der Waals surface area contributed by atoms with Crippen LogP contribution in [0.5, 0.6) is 0 Å². The molecule has 0 radical (unpaired) electrons. The maximum Gasteiger partial charge on any atom is 0.227 e. The van der Waals surface area contributed by atoms with Gasteiger partial charge in [0.2, 0.25) is 5.91 Å². The second-order valence-corrected chi connectivity index (χ2v) is 6.75. The number of aromatic nitrogens is 1. The number of aryl methyl sites for hydroxylation is 3. The van der Waals surface area contributed by atoms with E-state index in [1.165, 1.54) is 16.5 Å². The van der Waals surface area contributed by atoms with Crippen molar-refractivity contribution < 1.29 is 9.53 Å². The molecule has 1 amide bonds. The third-order valence-electron chi connectivity index (χ3n) is 4.96. The normalized spacial score (nSPS) is 18.6. The minimum atomic E-state index is 0.182. The van der Waals surface area contributed by atoms with Crippen LogP contribution in [0.2, 0.25) is 0 Å². The molecule has 1 fully saturated rings. The van der Waals surface area contributed by atoms with Crippen molar-refractivity contribution >= 4 is 16.8 Å². The second kappa shape index (κ2) is 6.36. The topological polar surface area (TPSA) is 45.3 Å². The number of aromatic amines is 1. The Morgan fingerprint density at radius 1 is 1.35 bits per heavy atom. The number of methoxy groups -OCH3 is 1. The first-order chi connectivity index (χ1) is 11.0. The fraction of sp³-hybridized carbons (Fsp3) is 0.526. The van der Waals surface area contributed by atoms with Crippen molar-refractivity contribution in [1.29, 1.82) is 0 Å². The number of likely N-dealkylation sites (tertiary alicyclic amines) is 1. The number of benzene rings is 1. The molecule has 2 heterocycles. The predicted molar refractivity (Wildman–Crippen MR) is 92.8 cm³/mol. The monoisotopic (exact) mass is 314 g/mol. The highest BCUT2D eigenvalue weighted by Crippen LogP contribution is 2.27. The molecule has 1 aliphatic heterocycles. The van der Waals surface area contributed by atoms with Crippen LogP contribution in [-0.2, 0) is 16.0 Å². The lowest BCUT2D eigenvalue weighted by Gasteiger charge is -2.32. The fourth-order valence-electron chi connectivity index (χ4n) is 3.68. The standard InChI is InChI=1S/C19H26N2O2/c1-12-8-13(2)19-17(9-12)16(14(3)20-19)10-18(22)21-7-5-6-15(11-21)23-4/h8-9,15,20H,5-7,10-11H2,1-4H3. The highest BCUT2D eigenvalue weighted by Gasteiger charge is 2.24. The molecule has 1 aromatic heterocycles. The second-order valence-electron chi connectivity index (χ2n) is 6.75. The molecule has 3 rings (SSSR count). The number of H-pyrrole nitrogens is 1. The van der Waals surface area contributed by atoms with E-state index < -0.39 is 0 Å². The van der Waals surface area contributed by atoms with Gasteiger partial charge >= 0.3 is 0 Å². The number of nitrogens with zero attached hydrogens (tertiary/aromatic N) is 1. The van der Waals surface area contributed by atoms with E-state index in [4.69, 9.17) is 4.74 Å². The maximum absolute atomic E-state index is 12.7. The number of piperidine rings is 1. The van der Waals surface area contributed by atoms with Gasteiger partial charge in [0.15, 0.2) is 0 Å². The number of hydrogen-bond acceptors (Lipinski definition) is 2. The summed E-state index contributed by atoms with van der Waals surface area (Å²) < 4.78 is 5.43. The molecule has 1 N–H and O–H groups in total. The number of carbonyl (C=O) groups is 1. The number of hydrogen-bond donors (Lipinski definition) is 1. The molecular formula is C19H26N2O2. The molecule has 1 aliphatic rings. The van der Waals surface area contributed by atoms with Crippen LogP contribution in [-0.4, -0.2) is 42.1 Å². The fourth-order valence-corrected chi connectivity index (χ4v) is 3.68. The number of nitrogens with one attached hydrogen (secondary N) is 1. The van der Waals surface area contributed by atoms with Crippen LogP contribution in [0.1, 0.15) is 35.2 Å². The van der Waals surface area contributed by atoms with Crippen LogP contribution < -0.4 is 0 Å². The van der Waals surface area contributed by atoms with Gasteiger partial charge in [-0.1, -0.05) is 11.6 Å². The van der Waals surface area contributed by atoms with Crippen molar-refractivity contribution in [2.24, 2.45) is 0 Å². The largest absolute Gasteiger partial charge is 0.380 e. The summed E-state index contributed by atoms with van der Waals surface area (Å²) in [6, 6.07) is 4.36. The Balaban J connectivity index is 1.86. The predicted octanol–water partition coefficient (Wildman–Crippen LogP) is 3.27. The molecular weight excluding hydrogens is 288 g/mol. The Morgan fingerprint density at radius 2 is 2.13 bits per heavy atom. The SMILES string of the molecule is COC1CCCN(C(=O)Cc2c(C)[nH]c3c(C)cc(C)cc23)C1. The molecule has 2 aromatic rings. The molecule has 1 aromatic carbocycles. The van der Waals surface area contributed by atoms with Gasteiger partial charge in [0.25, 0.3) is 0 Å². The summed E-state index contributed by atoms with van der Waals surface area (Å²) in [6.45, 7) is 7.84. The lowest BCUT2D eigenvalue weighted by molar-refractivity contribution is -0.134. The molecule has 0 spiro atoms. The molecule has 4 heteroatoms. The summed E-state index contributed by atoms with van der Waals surface area (Å²) in [5, 5.41) is 1.19. The Kier molecular flexibility index (Phi) is 4.44. The highest BCUT2D eigenvalue weighted by atomic mass is 16.5. The minimum Gasteiger partial charge on any atom is -0.380 e. The Morgan fingerprint density at radius 3 is 2.87 bits per heavy atom. The number of rotatable bonds is 3. The molecule has 0 bridgehead atoms. The van der Waals surface area contributed by atoms with Gasteiger partial charge in [-0.05, 0) is 50.8 Å². The average Bonchev–Trinajstić information content (AvgIpc) is 2.84. The van der Waals surface area contributed by atoms with Crippen LogP contribution in [0, 0.1) is 20.8 Å². The van der Waals surface area contributed by atoms with Crippen LogP contribution >= 0.6 is 0 Å². The summed E-state index contributed by atoms with van der Waals surface area (Å²) in [5.74, 6) is 0.204. The first kappa shape index (κ1) is 16.1. The van der Waals surface area contributed by atoms with E-state index >= 15 is 0 Å². The van der Waals surface area contributed by atoms with Crippen molar-refractivity contribution in [3.8, 4) is 0 Å². The first-order valence-electron chi connectivity index (χ1n) is 8.38. The van der Waals surface area contributed by atoms with Crippen molar-refractivity contribution in [2.45, 2.75) is 46.1 Å². The van der Waals surface area contributed by atoms with Gasteiger partial charge in [-0.2, -0.15) is 0 Å². The Hall–Kier alpha value is -1.81. The third kappa shape index (κ3) is 3.13. The van der Waals surface area contributed by atoms with Crippen LogP contribution in [0.15, 0.2) is 12.1 Å². The highest BCUT2D eigenvalue weighted by molar-refractivity contribution is 5.92. The van der Waals surface area contributed by atoms with Crippen LogP contribution in [0.4, 0.5) is 0 Å².